The van der Waals surface area contributed by atoms with Gasteiger partial charge in [-0.15, -0.1) is 0 Å². The number of methoxy groups -OCH3 is 1. The highest BCUT2D eigenvalue weighted by molar-refractivity contribution is 6.02. The van der Waals surface area contributed by atoms with E-state index in [4.69, 9.17) is 4.74 Å². The minimum Gasteiger partial charge on any atom is -0.497 e. The van der Waals surface area contributed by atoms with E-state index in [1.54, 1.807) is 49.7 Å². The van der Waals surface area contributed by atoms with Crippen molar-refractivity contribution in [3.8, 4) is 5.75 Å². The summed E-state index contributed by atoms with van der Waals surface area (Å²) in [5.74, 6) is 0.0124. The topological polar surface area (TPSA) is 104 Å². The maximum absolute atomic E-state index is 13.3. The summed E-state index contributed by atoms with van der Waals surface area (Å²) < 4.78 is 5.18. The molecule has 2 N–H and O–H groups in total. The molecule has 9 heteroatoms. The zero-order valence-electron chi connectivity index (χ0n) is 17.3. The molecule has 0 spiro atoms. The van der Waals surface area contributed by atoms with Crippen LogP contribution in [-0.2, 0) is 16.1 Å². The summed E-state index contributed by atoms with van der Waals surface area (Å²) in [6, 6.07) is 11.0. The Kier molecular flexibility index (Phi) is 6.13. The second kappa shape index (κ2) is 9.13. The molecule has 2 aromatic rings. The fourth-order valence-corrected chi connectivity index (χ4v) is 4.06. The van der Waals surface area contributed by atoms with Crippen molar-refractivity contribution in [3.63, 3.8) is 0 Å². The van der Waals surface area contributed by atoms with Crippen molar-refractivity contribution in [1.29, 1.82) is 0 Å². The Hall–Kier alpha value is -3.46. The largest absolute Gasteiger partial charge is 0.497 e. The number of pyridine rings is 1. The molecule has 9 nitrogen and oxygen atoms in total. The van der Waals surface area contributed by atoms with Gasteiger partial charge in [0, 0.05) is 18.0 Å². The van der Waals surface area contributed by atoms with Crippen LogP contribution in [0.2, 0.25) is 0 Å². The quantitative estimate of drug-likeness (QED) is 0.732. The van der Waals surface area contributed by atoms with Gasteiger partial charge in [0.15, 0.2) is 0 Å². The smallest absolute Gasteiger partial charge is 0.327 e. The lowest BCUT2D eigenvalue weighted by molar-refractivity contribution is -0.138. The molecule has 2 atom stereocenters. The number of nitrogens with zero attached hydrogens (tertiary/aromatic N) is 3. The number of amides is 4. The summed E-state index contributed by atoms with van der Waals surface area (Å²) in [5, 5.41) is 6.03. The normalized spacial score (nSPS) is 20.9. The maximum atomic E-state index is 13.3. The number of fused-ring (bicyclic) bond motifs is 1. The van der Waals surface area contributed by atoms with Crippen LogP contribution in [0.1, 0.15) is 18.5 Å². The number of urea groups is 1. The number of carbonyl (C=O) groups is 3. The number of rotatable bonds is 6. The summed E-state index contributed by atoms with van der Waals surface area (Å²) in [4.78, 5) is 46.0. The number of imide groups is 1. The van der Waals surface area contributed by atoms with E-state index in [9.17, 15) is 14.4 Å². The second-order valence-corrected chi connectivity index (χ2v) is 7.58. The lowest BCUT2D eigenvalue weighted by atomic mass is 9.93. The summed E-state index contributed by atoms with van der Waals surface area (Å²) >= 11 is 0. The highest BCUT2D eigenvalue weighted by Gasteiger charge is 2.47. The van der Waals surface area contributed by atoms with Crippen molar-refractivity contribution < 1.29 is 19.1 Å². The van der Waals surface area contributed by atoms with Gasteiger partial charge < -0.3 is 20.3 Å². The van der Waals surface area contributed by atoms with E-state index >= 15 is 0 Å². The molecule has 162 valence electrons. The number of aromatic nitrogens is 1. The van der Waals surface area contributed by atoms with Crippen LogP contribution >= 0.6 is 0 Å². The molecule has 0 bridgehead atoms. The Bertz CT molecular complexity index is 967. The molecule has 2 unspecified atom stereocenters. The van der Waals surface area contributed by atoms with Gasteiger partial charge in [-0.05, 0) is 43.7 Å². The Morgan fingerprint density at radius 1 is 1.26 bits per heavy atom. The predicted octanol–water partition coefficient (Wildman–Crippen LogP) is 1.61. The van der Waals surface area contributed by atoms with E-state index < -0.39 is 12.1 Å². The molecular weight excluding hydrogens is 398 g/mol. The van der Waals surface area contributed by atoms with Gasteiger partial charge in [0.2, 0.25) is 11.8 Å². The van der Waals surface area contributed by atoms with Crippen LogP contribution in [0.4, 0.5) is 10.5 Å². The Morgan fingerprint density at radius 2 is 2.13 bits per heavy atom. The first-order chi connectivity index (χ1) is 15.1. The van der Waals surface area contributed by atoms with Gasteiger partial charge in [-0.1, -0.05) is 12.1 Å². The minimum atomic E-state index is -0.528. The van der Waals surface area contributed by atoms with Gasteiger partial charge in [-0.3, -0.25) is 19.5 Å². The molecule has 31 heavy (non-hydrogen) atoms. The highest BCUT2D eigenvalue weighted by atomic mass is 16.5. The van der Waals surface area contributed by atoms with E-state index in [1.807, 2.05) is 6.07 Å². The molecular formula is C22H25N5O4. The monoisotopic (exact) mass is 423 g/mol. The van der Waals surface area contributed by atoms with Crippen LogP contribution in [0.15, 0.2) is 48.7 Å². The molecule has 2 fully saturated rings. The van der Waals surface area contributed by atoms with Crippen LogP contribution in [0, 0.1) is 0 Å². The molecule has 1 aromatic carbocycles. The number of carbonyl (C=O) groups excluding carboxylic acids is 3. The summed E-state index contributed by atoms with van der Waals surface area (Å²) in [7, 11) is 1.55. The third-order valence-corrected chi connectivity index (χ3v) is 5.55. The molecule has 0 radical (unpaired) electrons. The number of piperidine rings is 1. The molecule has 2 aliphatic heterocycles. The Balaban J connectivity index is 1.53. The number of anilines is 1. The van der Waals surface area contributed by atoms with E-state index in [0.717, 1.165) is 6.42 Å². The highest BCUT2D eigenvalue weighted by Crippen LogP contribution is 2.26. The fraction of sp³-hybridized carbons (Fsp3) is 0.364. The minimum absolute atomic E-state index is 0.0669. The van der Waals surface area contributed by atoms with Crippen molar-refractivity contribution in [2.75, 3.05) is 25.5 Å². The standard InChI is InChI=1S/C22H25N5O4/c1-31-17-8-4-7-15(12-17)25-19(28)14-26-18-9-5-11-24-20(18)21(29)27(22(26)30)13-16-6-2-3-10-23-16/h2-4,6-8,10,12,18,20,24H,5,9,11,13-14H2,1H3,(H,25,28). The van der Waals surface area contributed by atoms with Gasteiger partial charge >= 0.3 is 6.03 Å². The van der Waals surface area contributed by atoms with Gasteiger partial charge in [0.1, 0.15) is 18.3 Å². The van der Waals surface area contributed by atoms with Crippen LogP contribution in [0.3, 0.4) is 0 Å². The molecule has 4 amide bonds. The number of hydrogen-bond acceptors (Lipinski definition) is 6. The van der Waals surface area contributed by atoms with Crippen LogP contribution in [0.5, 0.6) is 5.75 Å². The van der Waals surface area contributed by atoms with Gasteiger partial charge in [0.05, 0.1) is 25.4 Å². The van der Waals surface area contributed by atoms with Crippen molar-refractivity contribution in [1.82, 2.24) is 20.1 Å². The average molecular weight is 423 g/mol. The molecule has 1 aromatic heterocycles. The predicted molar refractivity (Wildman–Crippen MR) is 113 cm³/mol. The molecule has 0 saturated carbocycles. The first-order valence-corrected chi connectivity index (χ1v) is 10.3. The van der Waals surface area contributed by atoms with Crippen molar-refractivity contribution in [2.24, 2.45) is 0 Å². The summed E-state index contributed by atoms with van der Waals surface area (Å²) in [6.07, 6.45) is 3.12. The molecule has 4 rings (SSSR count). The first-order valence-electron chi connectivity index (χ1n) is 10.3. The average Bonchev–Trinajstić information content (AvgIpc) is 2.80. The van der Waals surface area contributed by atoms with E-state index in [1.165, 1.54) is 9.80 Å². The van der Waals surface area contributed by atoms with Crippen molar-refractivity contribution in [3.05, 3.63) is 54.4 Å². The van der Waals surface area contributed by atoms with Gasteiger partial charge in [-0.25, -0.2) is 4.79 Å². The van der Waals surface area contributed by atoms with Crippen LogP contribution < -0.4 is 15.4 Å². The van der Waals surface area contributed by atoms with Crippen LogP contribution in [-0.4, -0.2) is 64.9 Å². The number of ether oxygens (including phenoxy) is 1. The first kappa shape index (κ1) is 20.8. The molecule has 2 aliphatic rings. The number of nitrogens with one attached hydrogen (secondary N) is 2. The number of benzene rings is 1. The third-order valence-electron chi connectivity index (χ3n) is 5.55. The Morgan fingerprint density at radius 3 is 2.90 bits per heavy atom. The lowest BCUT2D eigenvalue weighted by Gasteiger charge is -2.46. The van der Waals surface area contributed by atoms with E-state index in [0.29, 0.717) is 30.1 Å². The molecule has 2 saturated heterocycles. The van der Waals surface area contributed by atoms with Crippen molar-refractivity contribution >= 4 is 23.5 Å². The zero-order chi connectivity index (χ0) is 21.8. The summed E-state index contributed by atoms with van der Waals surface area (Å²) in [5.41, 5.74) is 1.19. The van der Waals surface area contributed by atoms with Crippen LogP contribution in [0.25, 0.3) is 0 Å². The lowest BCUT2D eigenvalue weighted by Crippen LogP contribution is -2.70. The fourth-order valence-electron chi connectivity index (χ4n) is 4.06. The maximum Gasteiger partial charge on any atom is 0.327 e. The van der Waals surface area contributed by atoms with Crippen molar-refractivity contribution in [2.45, 2.75) is 31.5 Å². The van der Waals surface area contributed by atoms with E-state index in [2.05, 4.69) is 15.6 Å². The zero-order valence-corrected chi connectivity index (χ0v) is 17.3. The number of hydrogen-bond donors (Lipinski definition) is 2. The molecule has 0 aliphatic carbocycles. The molecule has 3 heterocycles. The second-order valence-electron chi connectivity index (χ2n) is 7.58. The third kappa shape index (κ3) is 4.51. The Labute approximate surface area is 180 Å². The SMILES string of the molecule is COc1cccc(NC(=O)CN2C(=O)N(Cc3ccccn3)C(=O)C3NCCCC32)c1. The summed E-state index contributed by atoms with van der Waals surface area (Å²) in [6.45, 7) is 0.616. The van der Waals surface area contributed by atoms with E-state index in [-0.39, 0.29) is 30.9 Å². The van der Waals surface area contributed by atoms with Gasteiger partial charge in [-0.2, -0.15) is 0 Å². The van der Waals surface area contributed by atoms with Gasteiger partial charge in [0.25, 0.3) is 0 Å².